The van der Waals surface area contributed by atoms with Gasteiger partial charge >= 0.3 is 0 Å². The number of carbonyl (C=O) groups is 1. The molecule has 7 atom stereocenters. The zero-order chi connectivity index (χ0) is 31.0. The predicted octanol–water partition coefficient (Wildman–Crippen LogP) is 3.78. The normalized spacial score (nSPS) is 23.9. The van der Waals surface area contributed by atoms with Crippen LogP contribution in [0.15, 0.2) is 17.3 Å². The van der Waals surface area contributed by atoms with Gasteiger partial charge in [-0.15, -0.1) is 0 Å². The highest BCUT2D eigenvalue weighted by Crippen LogP contribution is 2.22. The lowest BCUT2D eigenvalue weighted by Gasteiger charge is -2.40. The lowest BCUT2D eigenvalue weighted by atomic mass is 9.99. The number of hydrogen-bond acceptors (Lipinski definition) is 9. The summed E-state index contributed by atoms with van der Waals surface area (Å²) in [5.41, 5.74) is 8.34. The average Bonchev–Trinajstić information content (AvgIpc) is 2.98. The Morgan fingerprint density at radius 3 is 2.19 bits per heavy atom. The minimum Gasteiger partial charge on any atom is -0.394 e. The zero-order valence-electron chi connectivity index (χ0n) is 25.4. The lowest BCUT2D eigenvalue weighted by Crippen LogP contribution is -2.60. The fourth-order valence-electron chi connectivity index (χ4n) is 4.89. The number of aliphatic hydroxyl groups is 5. The molecule has 1 aliphatic rings. The van der Waals surface area contributed by atoms with Gasteiger partial charge in [-0.2, -0.15) is 0 Å². The second kappa shape index (κ2) is 24.7. The van der Waals surface area contributed by atoms with Crippen molar-refractivity contribution < 1.29 is 39.8 Å². The van der Waals surface area contributed by atoms with Crippen LogP contribution in [-0.4, -0.2) is 94.1 Å². The van der Waals surface area contributed by atoms with Crippen LogP contribution in [0.2, 0.25) is 0 Å². The Bertz CT molecular complexity index is 766. The first-order valence-corrected chi connectivity index (χ1v) is 15.9. The number of amides is 1. The SMILES string of the molecule is CCCCCCCCCCCCC/C=C/[C@H](O)[C@@H](CO[C@@H]1OC(CO)[C@H](O)C(O)[C@@H]1O)NC(=O)CCCCCN=[N+]=[N-]. The molecule has 2 unspecified atom stereocenters. The van der Waals surface area contributed by atoms with E-state index in [1.54, 1.807) is 6.08 Å². The van der Waals surface area contributed by atoms with Crippen LogP contribution in [0.1, 0.15) is 110 Å². The summed E-state index contributed by atoms with van der Waals surface area (Å²) in [5.74, 6) is -0.293. The van der Waals surface area contributed by atoms with Crippen LogP contribution in [0.4, 0.5) is 0 Å². The largest absolute Gasteiger partial charge is 0.394 e. The molecule has 0 saturated carbocycles. The molecule has 12 nitrogen and oxygen atoms in total. The first-order chi connectivity index (χ1) is 20.3. The Morgan fingerprint density at radius 2 is 1.57 bits per heavy atom. The molecule has 244 valence electrons. The molecule has 0 aromatic carbocycles. The fourth-order valence-corrected chi connectivity index (χ4v) is 4.89. The van der Waals surface area contributed by atoms with Crippen LogP contribution >= 0.6 is 0 Å². The van der Waals surface area contributed by atoms with Crippen molar-refractivity contribution in [3.05, 3.63) is 22.6 Å². The van der Waals surface area contributed by atoms with Crippen molar-refractivity contribution >= 4 is 5.91 Å². The van der Waals surface area contributed by atoms with Crippen molar-refractivity contribution in [2.45, 2.75) is 153 Å². The molecule has 0 aliphatic carbocycles. The van der Waals surface area contributed by atoms with E-state index in [0.717, 1.165) is 19.3 Å². The Balaban J connectivity index is 2.52. The summed E-state index contributed by atoms with van der Waals surface area (Å²) in [4.78, 5) is 15.3. The monoisotopic (exact) mass is 600 g/mol. The van der Waals surface area contributed by atoms with E-state index >= 15 is 0 Å². The molecule has 42 heavy (non-hydrogen) atoms. The molecule has 0 aromatic rings. The maximum Gasteiger partial charge on any atom is 0.220 e. The van der Waals surface area contributed by atoms with Gasteiger partial charge in [-0.1, -0.05) is 94.8 Å². The van der Waals surface area contributed by atoms with Gasteiger partial charge < -0.3 is 40.3 Å². The number of carbonyl (C=O) groups excluding carboxylic acids is 1. The molecule has 1 aliphatic heterocycles. The van der Waals surface area contributed by atoms with E-state index in [2.05, 4.69) is 22.3 Å². The van der Waals surface area contributed by atoms with Gasteiger partial charge in [-0.05, 0) is 31.2 Å². The Kier molecular flexibility index (Phi) is 22.5. The first kappa shape index (κ1) is 38.3. The summed E-state index contributed by atoms with van der Waals surface area (Å²) < 4.78 is 11.0. The van der Waals surface area contributed by atoms with E-state index in [9.17, 15) is 30.3 Å². The highest BCUT2D eigenvalue weighted by atomic mass is 16.7. The Labute approximate surface area is 251 Å². The molecule has 1 rings (SSSR count). The van der Waals surface area contributed by atoms with Crippen LogP contribution in [-0.2, 0) is 14.3 Å². The van der Waals surface area contributed by atoms with E-state index < -0.39 is 49.5 Å². The minimum atomic E-state index is -1.59. The smallest absolute Gasteiger partial charge is 0.220 e. The van der Waals surface area contributed by atoms with Crippen molar-refractivity contribution in [3.63, 3.8) is 0 Å². The number of nitrogens with one attached hydrogen (secondary N) is 1. The molecule has 1 heterocycles. The van der Waals surface area contributed by atoms with Crippen LogP contribution in [0.3, 0.4) is 0 Å². The number of rotatable bonds is 25. The van der Waals surface area contributed by atoms with Crippen molar-refractivity contribution in [1.29, 1.82) is 0 Å². The maximum absolute atomic E-state index is 12.6. The topological polar surface area (TPSA) is 197 Å². The number of ether oxygens (including phenoxy) is 2. The number of unbranched alkanes of at least 4 members (excludes halogenated alkanes) is 13. The molecule has 0 radical (unpaired) electrons. The second-order valence-corrected chi connectivity index (χ2v) is 11.2. The van der Waals surface area contributed by atoms with Crippen molar-refractivity contribution in [2.75, 3.05) is 19.8 Å². The zero-order valence-corrected chi connectivity index (χ0v) is 25.4. The highest BCUT2D eigenvalue weighted by molar-refractivity contribution is 5.76. The standard InChI is InChI=1S/C30H56N4O8/c1-2-3-4-5-6-7-8-9-10-11-12-13-15-18-24(36)23(33-26(37)19-16-14-17-20-32-34-31)22-41-30-29(40)28(39)27(38)25(21-35)42-30/h15,18,23-25,27-30,35-36,38-40H,2-14,16-17,19-22H2,1H3,(H,33,37)/b18-15+/t23-,24+,25?,27+,28?,29+,30-/m1/s1. The molecule has 1 amide bonds. The number of allylic oxidation sites excluding steroid dienone is 1. The lowest BCUT2D eigenvalue weighted by molar-refractivity contribution is -0.302. The molecular weight excluding hydrogens is 544 g/mol. The third-order valence-corrected chi connectivity index (χ3v) is 7.58. The third-order valence-electron chi connectivity index (χ3n) is 7.58. The van der Waals surface area contributed by atoms with Gasteiger partial charge in [0.2, 0.25) is 5.91 Å². The third kappa shape index (κ3) is 16.8. The first-order valence-electron chi connectivity index (χ1n) is 15.9. The van der Waals surface area contributed by atoms with Crippen LogP contribution in [0, 0.1) is 0 Å². The number of azide groups is 1. The maximum atomic E-state index is 12.6. The summed E-state index contributed by atoms with van der Waals surface area (Å²) >= 11 is 0. The summed E-state index contributed by atoms with van der Waals surface area (Å²) in [7, 11) is 0. The number of hydrogen-bond donors (Lipinski definition) is 6. The summed E-state index contributed by atoms with van der Waals surface area (Å²) in [5, 5.41) is 56.7. The van der Waals surface area contributed by atoms with E-state index in [4.69, 9.17) is 15.0 Å². The number of nitrogens with zero attached hydrogens (tertiary/aromatic N) is 3. The van der Waals surface area contributed by atoms with E-state index in [-0.39, 0.29) is 18.9 Å². The molecule has 12 heteroatoms. The van der Waals surface area contributed by atoms with Gasteiger partial charge in [-0.3, -0.25) is 4.79 Å². The van der Waals surface area contributed by atoms with Gasteiger partial charge in [0.05, 0.1) is 25.4 Å². The van der Waals surface area contributed by atoms with E-state index in [0.29, 0.717) is 25.8 Å². The van der Waals surface area contributed by atoms with Crippen molar-refractivity contribution in [2.24, 2.45) is 5.11 Å². The van der Waals surface area contributed by atoms with Gasteiger partial charge in [0, 0.05) is 17.9 Å². The molecule has 0 spiro atoms. The Hall–Kier alpha value is -1.76. The van der Waals surface area contributed by atoms with Crippen molar-refractivity contribution in [3.8, 4) is 0 Å². The predicted molar refractivity (Wildman–Crippen MR) is 160 cm³/mol. The molecular formula is C30H56N4O8. The average molecular weight is 601 g/mol. The van der Waals surface area contributed by atoms with Gasteiger partial charge in [0.25, 0.3) is 0 Å². The van der Waals surface area contributed by atoms with Crippen LogP contribution in [0.25, 0.3) is 10.4 Å². The van der Waals surface area contributed by atoms with Gasteiger partial charge in [0.1, 0.15) is 24.4 Å². The van der Waals surface area contributed by atoms with Crippen LogP contribution < -0.4 is 5.32 Å². The number of aliphatic hydroxyl groups excluding tert-OH is 5. The van der Waals surface area contributed by atoms with E-state index in [1.807, 2.05) is 6.08 Å². The van der Waals surface area contributed by atoms with Crippen LogP contribution in [0.5, 0.6) is 0 Å². The Morgan fingerprint density at radius 1 is 0.952 bits per heavy atom. The van der Waals surface area contributed by atoms with E-state index in [1.165, 1.54) is 57.8 Å². The summed E-state index contributed by atoms with van der Waals surface area (Å²) in [6.45, 7) is 1.77. The van der Waals surface area contributed by atoms with Crippen molar-refractivity contribution in [1.82, 2.24) is 5.32 Å². The summed E-state index contributed by atoms with van der Waals surface area (Å²) in [6, 6.07) is -0.860. The molecule has 0 bridgehead atoms. The second-order valence-electron chi connectivity index (χ2n) is 11.2. The molecule has 0 aromatic heterocycles. The fraction of sp³-hybridized carbons (Fsp3) is 0.900. The highest BCUT2D eigenvalue weighted by Gasteiger charge is 2.44. The summed E-state index contributed by atoms with van der Waals surface area (Å²) in [6.07, 6.45) is 12.0. The van der Waals surface area contributed by atoms with Gasteiger partial charge in [0.15, 0.2) is 6.29 Å². The minimum absolute atomic E-state index is 0.210. The molecule has 1 saturated heterocycles. The molecule has 6 N–H and O–H groups in total. The quantitative estimate of drug-likeness (QED) is 0.0299. The van der Waals surface area contributed by atoms with Gasteiger partial charge in [-0.25, -0.2) is 0 Å². The molecule has 1 fully saturated rings.